The molecule has 3 nitrogen and oxygen atoms in total. The number of fused-ring (bicyclic) bond motifs is 6. The van der Waals surface area contributed by atoms with Gasteiger partial charge in [0.2, 0.25) is 0 Å². The Balaban J connectivity index is 1.09. The molecular weight excluding hydrogens is 560 g/mol. The van der Waals surface area contributed by atoms with Crippen molar-refractivity contribution in [3.8, 4) is 56.2 Å². The lowest BCUT2D eigenvalue weighted by molar-refractivity contribution is 0.658. The number of para-hydroxylation sites is 1. The van der Waals surface area contributed by atoms with Gasteiger partial charge in [0.1, 0.15) is 11.2 Å². The van der Waals surface area contributed by atoms with Crippen molar-refractivity contribution in [1.29, 1.82) is 0 Å². The van der Waals surface area contributed by atoms with Crippen LogP contribution >= 0.6 is 0 Å². The highest BCUT2D eigenvalue weighted by molar-refractivity contribution is 6.07. The van der Waals surface area contributed by atoms with Crippen LogP contribution in [0.3, 0.4) is 0 Å². The highest BCUT2D eigenvalue weighted by Crippen LogP contribution is 2.51. The quantitative estimate of drug-likeness (QED) is 0.205. The predicted molar refractivity (Wildman–Crippen MR) is 189 cm³/mol. The number of benzene rings is 6. The normalized spacial score (nSPS) is 13.2. The van der Waals surface area contributed by atoms with Gasteiger partial charge in [0, 0.05) is 32.9 Å². The molecule has 0 saturated heterocycles. The zero-order valence-electron chi connectivity index (χ0n) is 25.7. The summed E-state index contributed by atoms with van der Waals surface area (Å²) in [5.74, 6) is 0.723. The van der Waals surface area contributed by atoms with Gasteiger partial charge in [-0.1, -0.05) is 129 Å². The van der Waals surface area contributed by atoms with Crippen molar-refractivity contribution in [1.82, 2.24) is 9.97 Å². The van der Waals surface area contributed by atoms with Gasteiger partial charge in [-0.05, 0) is 63.7 Å². The lowest BCUT2D eigenvalue weighted by Gasteiger charge is -2.22. The standard InChI is InChI=1S/C43H30N2O/c1-43(2)36-23-31(21-22-32(36)34-25-41-35(24-37(34)43)33-15-9-10-16-40(33)46-41)27-17-19-29(20-18-27)39-26-38(28-11-5-3-6-12-28)44-42(45-39)30-13-7-4-8-14-30/h3-26H,1-2H3. The molecule has 3 heteroatoms. The van der Waals surface area contributed by atoms with Gasteiger partial charge < -0.3 is 4.42 Å². The van der Waals surface area contributed by atoms with Crippen LogP contribution in [-0.2, 0) is 5.41 Å². The second-order valence-corrected chi connectivity index (χ2v) is 12.6. The summed E-state index contributed by atoms with van der Waals surface area (Å²) in [4.78, 5) is 9.95. The largest absolute Gasteiger partial charge is 0.456 e. The number of hydrogen-bond donors (Lipinski definition) is 0. The van der Waals surface area contributed by atoms with Gasteiger partial charge in [-0.3, -0.25) is 0 Å². The van der Waals surface area contributed by atoms with Crippen LogP contribution in [0.2, 0.25) is 0 Å². The third-order valence-corrected chi connectivity index (χ3v) is 9.51. The van der Waals surface area contributed by atoms with Crippen LogP contribution in [0.25, 0.3) is 78.1 Å². The Bertz CT molecular complexity index is 2360. The Morgan fingerprint density at radius 2 is 1.02 bits per heavy atom. The molecule has 6 aromatic carbocycles. The molecule has 0 saturated carbocycles. The average molecular weight is 591 g/mol. The molecule has 2 heterocycles. The number of aromatic nitrogens is 2. The number of furan rings is 1. The van der Waals surface area contributed by atoms with Crippen molar-refractivity contribution in [2.24, 2.45) is 0 Å². The van der Waals surface area contributed by atoms with Gasteiger partial charge in [0.05, 0.1) is 11.4 Å². The second-order valence-electron chi connectivity index (χ2n) is 12.6. The van der Waals surface area contributed by atoms with E-state index in [1.165, 1.54) is 44.2 Å². The summed E-state index contributed by atoms with van der Waals surface area (Å²) in [7, 11) is 0. The fourth-order valence-corrected chi connectivity index (χ4v) is 7.03. The van der Waals surface area contributed by atoms with Gasteiger partial charge >= 0.3 is 0 Å². The van der Waals surface area contributed by atoms with Crippen LogP contribution in [0.5, 0.6) is 0 Å². The van der Waals surface area contributed by atoms with E-state index in [1.807, 2.05) is 48.5 Å². The fourth-order valence-electron chi connectivity index (χ4n) is 7.03. The first-order chi connectivity index (χ1) is 22.5. The van der Waals surface area contributed by atoms with Crippen molar-refractivity contribution in [3.63, 3.8) is 0 Å². The molecule has 0 amide bonds. The molecule has 0 fully saturated rings. The van der Waals surface area contributed by atoms with Crippen LogP contribution in [0, 0.1) is 0 Å². The maximum Gasteiger partial charge on any atom is 0.160 e. The molecule has 0 spiro atoms. The van der Waals surface area contributed by atoms with E-state index in [1.54, 1.807) is 0 Å². The topological polar surface area (TPSA) is 38.9 Å². The minimum Gasteiger partial charge on any atom is -0.456 e. The van der Waals surface area contributed by atoms with E-state index in [2.05, 4.69) is 111 Å². The van der Waals surface area contributed by atoms with E-state index in [0.29, 0.717) is 0 Å². The molecule has 218 valence electrons. The summed E-state index contributed by atoms with van der Waals surface area (Å²) in [6.07, 6.45) is 0. The molecule has 0 unspecified atom stereocenters. The molecule has 0 aliphatic heterocycles. The van der Waals surface area contributed by atoms with Crippen molar-refractivity contribution in [2.75, 3.05) is 0 Å². The Hall–Kier alpha value is -5.80. The molecule has 0 radical (unpaired) electrons. The molecule has 9 rings (SSSR count). The van der Waals surface area contributed by atoms with Gasteiger partial charge in [-0.15, -0.1) is 0 Å². The highest BCUT2D eigenvalue weighted by atomic mass is 16.3. The molecule has 1 aliphatic carbocycles. The first-order valence-corrected chi connectivity index (χ1v) is 15.7. The Morgan fingerprint density at radius 3 is 1.76 bits per heavy atom. The highest BCUT2D eigenvalue weighted by Gasteiger charge is 2.36. The van der Waals surface area contributed by atoms with E-state index in [9.17, 15) is 0 Å². The summed E-state index contributed by atoms with van der Waals surface area (Å²) in [6.45, 7) is 4.67. The lowest BCUT2D eigenvalue weighted by Crippen LogP contribution is -2.15. The Kier molecular flexibility index (Phi) is 5.85. The van der Waals surface area contributed by atoms with Crippen LogP contribution in [0.15, 0.2) is 150 Å². The fraction of sp³-hybridized carbons (Fsp3) is 0.0698. The molecule has 2 aromatic heterocycles. The van der Waals surface area contributed by atoms with E-state index in [4.69, 9.17) is 14.4 Å². The maximum absolute atomic E-state index is 6.26. The second kappa shape index (κ2) is 10.1. The third kappa shape index (κ3) is 4.20. The number of rotatable bonds is 4. The molecule has 0 bridgehead atoms. The van der Waals surface area contributed by atoms with Crippen molar-refractivity contribution in [3.05, 3.63) is 157 Å². The monoisotopic (exact) mass is 590 g/mol. The summed E-state index contributed by atoms with van der Waals surface area (Å²) in [6, 6.07) is 51.1. The minimum atomic E-state index is -0.129. The Morgan fingerprint density at radius 1 is 0.435 bits per heavy atom. The maximum atomic E-state index is 6.26. The predicted octanol–water partition coefficient (Wildman–Crippen LogP) is 11.4. The lowest BCUT2D eigenvalue weighted by atomic mass is 9.81. The smallest absolute Gasteiger partial charge is 0.160 e. The van der Waals surface area contributed by atoms with Crippen LogP contribution < -0.4 is 0 Å². The first kappa shape index (κ1) is 26.6. The van der Waals surface area contributed by atoms with E-state index in [0.717, 1.165) is 45.1 Å². The van der Waals surface area contributed by atoms with Gasteiger partial charge in [-0.25, -0.2) is 9.97 Å². The van der Waals surface area contributed by atoms with Crippen molar-refractivity contribution in [2.45, 2.75) is 19.3 Å². The average Bonchev–Trinajstić information content (AvgIpc) is 3.59. The van der Waals surface area contributed by atoms with E-state index >= 15 is 0 Å². The van der Waals surface area contributed by atoms with Crippen LogP contribution in [0.4, 0.5) is 0 Å². The SMILES string of the molecule is CC1(C)c2cc(-c3ccc(-c4cc(-c5ccccc5)nc(-c5ccccc5)n4)cc3)ccc2-c2cc3oc4ccccc4c3cc21. The molecule has 0 atom stereocenters. The minimum absolute atomic E-state index is 0.129. The summed E-state index contributed by atoms with van der Waals surface area (Å²) in [5.41, 5.74) is 14.3. The van der Waals surface area contributed by atoms with E-state index < -0.39 is 0 Å². The number of nitrogens with zero attached hydrogens (tertiary/aromatic N) is 2. The third-order valence-electron chi connectivity index (χ3n) is 9.51. The number of hydrogen-bond acceptors (Lipinski definition) is 3. The first-order valence-electron chi connectivity index (χ1n) is 15.7. The summed E-state index contributed by atoms with van der Waals surface area (Å²) < 4.78 is 6.26. The van der Waals surface area contributed by atoms with Crippen LogP contribution in [0.1, 0.15) is 25.0 Å². The summed E-state index contributed by atoms with van der Waals surface area (Å²) >= 11 is 0. The molecule has 1 aliphatic rings. The molecular formula is C43H30N2O. The molecule has 0 N–H and O–H groups in total. The van der Waals surface area contributed by atoms with Crippen molar-refractivity contribution < 1.29 is 4.42 Å². The van der Waals surface area contributed by atoms with Crippen LogP contribution in [-0.4, -0.2) is 9.97 Å². The molecule has 46 heavy (non-hydrogen) atoms. The van der Waals surface area contributed by atoms with Gasteiger partial charge in [-0.2, -0.15) is 0 Å². The zero-order chi connectivity index (χ0) is 30.8. The van der Waals surface area contributed by atoms with Gasteiger partial charge in [0.15, 0.2) is 5.82 Å². The van der Waals surface area contributed by atoms with Crippen molar-refractivity contribution >= 4 is 21.9 Å². The summed E-state index contributed by atoms with van der Waals surface area (Å²) in [5, 5.41) is 2.35. The van der Waals surface area contributed by atoms with E-state index in [-0.39, 0.29) is 5.41 Å². The zero-order valence-corrected chi connectivity index (χ0v) is 25.7. The Labute approximate surface area is 267 Å². The van der Waals surface area contributed by atoms with Gasteiger partial charge in [0.25, 0.3) is 0 Å². The molecule has 8 aromatic rings.